The first-order valence-electron chi connectivity index (χ1n) is 3.71. The van der Waals surface area contributed by atoms with Crippen LogP contribution in [0.15, 0.2) is 17.4 Å². The van der Waals surface area contributed by atoms with Gasteiger partial charge in [-0.1, -0.05) is 11.8 Å². The van der Waals surface area contributed by atoms with Gasteiger partial charge in [0.2, 0.25) is 0 Å². The summed E-state index contributed by atoms with van der Waals surface area (Å²) in [7, 11) is 0. The van der Waals surface area contributed by atoms with E-state index in [1.807, 2.05) is 6.26 Å². The molecule has 0 spiro atoms. The number of nitrogens with two attached hydrogens (primary N) is 1. The number of carbonyl (C=O) groups is 1. The maximum Gasteiger partial charge on any atom is 0.328 e. The highest BCUT2D eigenvalue weighted by Crippen LogP contribution is 2.14. The maximum absolute atomic E-state index is 10.2. The zero-order valence-electron chi connectivity index (χ0n) is 7.47. The molecular weight excluding hydrogens is 202 g/mol. The first-order valence-corrected chi connectivity index (χ1v) is 4.93. The van der Waals surface area contributed by atoms with Gasteiger partial charge >= 0.3 is 5.97 Å². The number of nitrogen functional groups attached to an aromatic ring is 1. The standard InChI is InChI=1S/C8H9N3O2S/c1-14-8-10-4-5(7(9)11-8)2-3-6(12)13/h2-4H,1H3,(H,12,13)(H2,9,10,11)/b3-2+. The van der Waals surface area contributed by atoms with Crippen LogP contribution in [0.1, 0.15) is 5.56 Å². The van der Waals surface area contributed by atoms with E-state index in [0.717, 1.165) is 6.08 Å². The Labute approximate surface area is 85.1 Å². The Morgan fingerprint density at radius 1 is 1.71 bits per heavy atom. The van der Waals surface area contributed by atoms with E-state index in [1.165, 1.54) is 24.0 Å². The third-order valence-electron chi connectivity index (χ3n) is 1.41. The van der Waals surface area contributed by atoms with Crippen molar-refractivity contribution in [1.82, 2.24) is 9.97 Å². The van der Waals surface area contributed by atoms with Gasteiger partial charge in [0.25, 0.3) is 0 Å². The molecule has 1 heterocycles. The molecule has 0 bridgehead atoms. The molecule has 0 saturated carbocycles. The number of carboxylic acid groups (broad SMARTS) is 1. The zero-order valence-corrected chi connectivity index (χ0v) is 8.28. The SMILES string of the molecule is CSc1ncc(/C=C/C(=O)O)c(N)n1. The van der Waals surface area contributed by atoms with E-state index < -0.39 is 5.97 Å². The summed E-state index contributed by atoms with van der Waals surface area (Å²) < 4.78 is 0. The highest BCUT2D eigenvalue weighted by molar-refractivity contribution is 7.98. The summed E-state index contributed by atoms with van der Waals surface area (Å²) in [4.78, 5) is 18.2. The Balaban J connectivity index is 2.94. The predicted octanol–water partition coefficient (Wildman–Crippen LogP) is 0.878. The highest BCUT2D eigenvalue weighted by Gasteiger charge is 2.00. The fourth-order valence-corrected chi connectivity index (χ4v) is 1.12. The fraction of sp³-hybridized carbons (Fsp3) is 0.125. The molecule has 1 aromatic heterocycles. The van der Waals surface area contributed by atoms with Crippen molar-refractivity contribution >= 4 is 29.6 Å². The molecule has 0 aliphatic rings. The van der Waals surface area contributed by atoms with Crippen molar-refractivity contribution in [3.63, 3.8) is 0 Å². The summed E-state index contributed by atoms with van der Waals surface area (Å²) >= 11 is 1.37. The third-order valence-corrected chi connectivity index (χ3v) is 1.98. The molecule has 0 fully saturated rings. The van der Waals surface area contributed by atoms with Crippen molar-refractivity contribution in [2.45, 2.75) is 5.16 Å². The van der Waals surface area contributed by atoms with Crippen molar-refractivity contribution in [2.75, 3.05) is 12.0 Å². The number of nitrogens with zero attached hydrogens (tertiary/aromatic N) is 2. The molecule has 0 aromatic carbocycles. The number of anilines is 1. The van der Waals surface area contributed by atoms with Crippen molar-refractivity contribution in [3.8, 4) is 0 Å². The minimum atomic E-state index is -1.03. The normalized spacial score (nSPS) is 10.6. The number of aliphatic carboxylic acids is 1. The molecule has 6 heteroatoms. The van der Waals surface area contributed by atoms with Crippen LogP contribution in [0.3, 0.4) is 0 Å². The summed E-state index contributed by atoms with van der Waals surface area (Å²) in [5.74, 6) is -0.750. The molecule has 0 aliphatic heterocycles. The monoisotopic (exact) mass is 211 g/mol. The van der Waals surface area contributed by atoms with E-state index in [1.54, 1.807) is 0 Å². The van der Waals surface area contributed by atoms with E-state index in [2.05, 4.69) is 9.97 Å². The fourth-order valence-electron chi connectivity index (χ4n) is 0.775. The number of thioether (sulfide) groups is 1. The van der Waals surface area contributed by atoms with Crippen molar-refractivity contribution in [3.05, 3.63) is 17.8 Å². The second-order valence-electron chi connectivity index (χ2n) is 2.37. The van der Waals surface area contributed by atoms with Crippen LogP contribution < -0.4 is 5.73 Å². The van der Waals surface area contributed by atoms with Crippen LogP contribution in [0.25, 0.3) is 6.08 Å². The summed E-state index contributed by atoms with van der Waals surface area (Å²) in [6.07, 6.45) is 5.69. The Kier molecular flexibility index (Phi) is 3.47. The number of hydrogen-bond donors (Lipinski definition) is 2. The Bertz CT molecular complexity index is 379. The molecule has 1 aromatic rings. The molecule has 0 unspecified atom stereocenters. The minimum absolute atomic E-state index is 0.279. The molecule has 0 amide bonds. The molecule has 74 valence electrons. The van der Waals surface area contributed by atoms with Gasteiger partial charge in [0.15, 0.2) is 5.16 Å². The van der Waals surface area contributed by atoms with Gasteiger partial charge in [-0.05, 0) is 12.3 Å². The van der Waals surface area contributed by atoms with Gasteiger partial charge in [-0.3, -0.25) is 0 Å². The predicted molar refractivity (Wildman–Crippen MR) is 54.9 cm³/mol. The lowest BCUT2D eigenvalue weighted by Gasteiger charge is -1.99. The van der Waals surface area contributed by atoms with Crippen LogP contribution in [-0.4, -0.2) is 27.3 Å². The van der Waals surface area contributed by atoms with Gasteiger partial charge in [0.1, 0.15) is 5.82 Å². The molecular formula is C8H9N3O2S. The maximum atomic E-state index is 10.2. The molecule has 14 heavy (non-hydrogen) atoms. The molecule has 0 radical (unpaired) electrons. The first kappa shape index (κ1) is 10.5. The number of hydrogen-bond acceptors (Lipinski definition) is 5. The van der Waals surface area contributed by atoms with Crippen LogP contribution >= 0.6 is 11.8 Å². The van der Waals surface area contributed by atoms with E-state index in [9.17, 15) is 4.79 Å². The quantitative estimate of drug-likeness (QED) is 0.438. The van der Waals surface area contributed by atoms with Crippen molar-refractivity contribution in [2.24, 2.45) is 0 Å². The highest BCUT2D eigenvalue weighted by atomic mass is 32.2. The summed E-state index contributed by atoms with van der Waals surface area (Å²) in [6.45, 7) is 0. The van der Waals surface area contributed by atoms with Gasteiger partial charge in [0, 0.05) is 17.8 Å². The number of rotatable bonds is 3. The van der Waals surface area contributed by atoms with Crippen molar-refractivity contribution < 1.29 is 9.90 Å². The Morgan fingerprint density at radius 3 is 2.93 bits per heavy atom. The van der Waals surface area contributed by atoms with Crippen LogP contribution in [0.2, 0.25) is 0 Å². The van der Waals surface area contributed by atoms with Crippen LogP contribution in [0.4, 0.5) is 5.82 Å². The Hall–Kier alpha value is -1.56. The largest absolute Gasteiger partial charge is 0.478 e. The van der Waals surface area contributed by atoms with Gasteiger partial charge in [-0.2, -0.15) is 0 Å². The number of aromatic nitrogens is 2. The second kappa shape index (κ2) is 4.61. The number of carboxylic acids is 1. The molecule has 5 nitrogen and oxygen atoms in total. The average Bonchev–Trinajstić information content (AvgIpc) is 2.15. The molecule has 0 saturated heterocycles. The lowest BCUT2D eigenvalue weighted by molar-refractivity contribution is -0.131. The average molecular weight is 211 g/mol. The zero-order chi connectivity index (χ0) is 10.6. The summed E-state index contributed by atoms with van der Waals surface area (Å²) in [5, 5.41) is 8.96. The lowest BCUT2D eigenvalue weighted by atomic mass is 10.3. The van der Waals surface area contributed by atoms with E-state index in [4.69, 9.17) is 10.8 Å². The molecule has 3 N–H and O–H groups in total. The van der Waals surface area contributed by atoms with Gasteiger partial charge < -0.3 is 10.8 Å². The van der Waals surface area contributed by atoms with Crippen LogP contribution in [0.5, 0.6) is 0 Å². The van der Waals surface area contributed by atoms with Crippen LogP contribution in [-0.2, 0) is 4.79 Å². The lowest BCUT2D eigenvalue weighted by Crippen LogP contribution is -1.97. The first-order chi connectivity index (χ1) is 6.63. The minimum Gasteiger partial charge on any atom is -0.478 e. The van der Waals surface area contributed by atoms with Crippen molar-refractivity contribution in [1.29, 1.82) is 0 Å². The van der Waals surface area contributed by atoms with Gasteiger partial charge in [-0.15, -0.1) is 0 Å². The third kappa shape index (κ3) is 2.74. The van der Waals surface area contributed by atoms with E-state index in [-0.39, 0.29) is 5.82 Å². The molecule has 0 aliphatic carbocycles. The van der Waals surface area contributed by atoms with Gasteiger partial charge in [-0.25, -0.2) is 14.8 Å². The summed E-state index contributed by atoms with van der Waals surface area (Å²) in [6, 6.07) is 0. The second-order valence-corrected chi connectivity index (χ2v) is 3.14. The molecule has 0 atom stereocenters. The van der Waals surface area contributed by atoms with Gasteiger partial charge in [0.05, 0.1) is 0 Å². The molecule has 1 rings (SSSR count). The summed E-state index contributed by atoms with van der Waals surface area (Å²) in [5.41, 5.74) is 6.08. The Morgan fingerprint density at radius 2 is 2.43 bits per heavy atom. The van der Waals surface area contributed by atoms with Crippen LogP contribution in [0, 0.1) is 0 Å². The van der Waals surface area contributed by atoms with E-state index >= 15 is 0 Å². The topological polar surface area (TPSA) is 89.1 Å². The van der Waals surface area contributed by atoms with E-state index in [0.29, 0.717) is 10.7 Å². The smallest absolute Gasteiger partial charge is 0.328 e.